The van der Waals surface area contributed by atoms with Crippen LogP contribution in [0.4, 0.5) is 4.79 Å². The molecule has 0 spiro atoms. The van der Waals surface area contributed by atoms with Crippen LogP contribution >= 0.6 is 11.8 Å². The summed E-state index contributed by atoms with van der Waals surface area (Å²) in [6.07, 6.45) is 2.05. The molecule has 1 aliphatic heterocycles. The van der Waals surface area contributed by atoms with Gasteiger partial charge in [-0.05, 0) is 55.8 Å². The number of hydrogen-bond donors (Lipinski definition) is 0. The fraction of sp³-hybridized carbons (Fsp3) is 0.389. The molecule has 25 heavy (non-hydrogen) atoms. The Kier molecular flexibility index (Phi) is 6.64. The highest BCUT2D eigenvalue weighted by molar-refractivity contribution is 8.18. The molecule has 0 N–H and O–H groups in total. The highest BCUT2D eigenvalue weighted by atomic mass is 32.2. The van der Waals surface area contributed by atoms with Gasteiger partial charge in [-0.1, -0.05) is 19.1 Å². The number of benzene rings is 1. The first kappa shape index (κ1) is 19.1. The van der Waals surface area contributed by atoms with E-state index in [9.17, 15) is 14.4 Å². The molecule has 1 fully saturated rings. The largest absolute Gasteiger partial charge is 0.494 e. The van der Waals surface area contributed by atoms with Gasteiger partial charge in [-0.15, -0.1) is 0 Å². The van der Waals surface area contributed by atoms with Gasteiger partial charge in [0, 0.05) is 0 Å². The molecule has 1 saturated heterocycles. The second kappa shape index (κ2) is 8.71. The molecular formula is C18H21NO5S. The van der Waals surface area contributed by atoms with Crippen LogP contribution in [0.5, 0.6) is 5.75 Å². The van der Waals surface area contributed by atoms with Crippen molar-refractivity contribution in [2.24, 2.45) is 0 Å². The first-order chi connectivity index (χ1) is 11.9. The molecule has 1 aliphatic rings. The Hall–Kier alpha value is -2.28. The molecule has 0 bridgehead atoms. The molecule has 1 heterocycles. The Bertz CT molecular complexity index is 683. The van der Waals surface area contributed by atoms with Gasteiger partial charge in [0.25, 0.3) is 11.1 Å². The number of carbonyl (C=O) groups excluding carboxylic acids is 3. The molecule has 1 aromatic carbocycles. The summed E-state index contributed by atoms with van der Waals surface area (Å²) >= 11 is 0.817. The number of imide groups is 1. The maximum Gasteiger partial charge on any atom is 0.326 e. The van der Waals surface area contributed by atoms with Crippen molar-refractivity contribution in [3.05, 3.63) is 34.7 Å². The van der Waals surface area contributed by atoms with E-state index >= 15 is 0 Å². The van der Waals surface area contributed by atoms with Crippen LogP contribution in [0.3, 0.4) is 0 Å². The quantitative estimate of drug-likeness (QED) is 0.546. The van der Waals surface area contributed by atoms with E-state index in [0.717, 1.165) is 28.0 Å². The van der Waals surface area contributed by atoms with Crippen LogP contribution in [0.25, 0.3) is 6.08 Å². The predicted octanol–water partition coefficient (Wildman–Crippen LogP) is 3.46. The zero-order valence-electron chi connectivity index (χ0n) is 14.5. The summed E-state index contributed by atoms with van der Waals surface area (Å²) in [4.78, 5) is 37.4. The molecule has 1 atom stereocenters. The summed E-state index contributed by atoms with van der Waals surface area (Å²) in [5.74, 6) is -0.329. The van der Waals surface area contributed by atoms with Crippen LogP contribution in [0.2, 0.25) is 0 Å². The standard InChI is InChI=1S/C18H21NO5S/c1-4-12(3)24-16(20)11-19-17(21)15(25-18(19)22)10-13-6-8-14(9-7-13)23-5-2/h6-10,12H,4-5,11H2,1-3H3/b15-10+/t12-/m0/s1. The van der Waals surface area contributed by atoms with Gasteiger partial charge < -0.3 is 9.47 Å². The van der Waals surface area contributed by atoms with Gasteiger partial charge in [0.1, 0.15) is 12.3 Å². The van der Waals surface area contributed by atoms with Gasteiger partial charge in [0.15, 0.2) is 0 Å². The Balaban J connectivity index is 2.05. The van der Waals surface area contributed by atoms with E-state index in [2.05, 4.69) is 0 Å². The second-order valence-electron chi connectivity index (χ2n) is 5.48. The highest BCUT2D eigenvalue weighted by Gasteiger charge is 2.36. The van der Waals surface area contributed by atoms with Crippen molar-refractivity contribution in [1.29, 1.82) is 0 Å². The van der Waals surface area contributed by atoms with Crippen molar-refractivity contribution in [3.8, 4) is 5.75 Å². The van der Waals surface area contributed by atoms with E-state index in [-0.39, 0.29) is 17.6 Å². The van der Waals surface area contributed by atoms with Crippen LogP contribution in [0, 0.1) is 0 Å². The summed E-state index contributed by atoms with van der Waals surface area (Å²) in [5, 5.41) is -0.469. The van der Waals surface area contributed by atoms with E-state index < -0.39 is 17.1 Å². The SMILES string of the molecule is CCOc1ccc(/C=C2/SC(=O)N(CC(=O)O[C@@H](C)CC)C2=O)cc1. The number of esters is 1. The molecule has 0 saturated carbocycles. The lowest BCUT2D eigenvalue weighted by Gasteiger charge is -2.14. The topological polar surface area (TPSA) is 72.9 Å². The maximum atomic E-state index is 12.4. The normalized spacial score (nSPS) is 17.1. The Morgan fingerprint density at radius 2 is 1.92 bits per heavy atom. The van der Waals surface area contributed by atoms with Crippen molar-refractivity contribution < 1.29 is 23.9 Å². The van der Waals surface area contributed by atoms with Gasteiger partial charge >= 0.3 is 5.97 Å². The second-order valence-corrected chi connectivity index (χ2v) is 6.47. The molecular weight excluding hydrogens is 342 g/mol. The van der Waals surface area contributed by atoms with Crippen molar-refractivity contribution in [3.63, 3.8) is 0 Å². The van der Waals surface area contributed by atoms with E-state index in [4.69, 9.17) is 9.47 Å². The molecule has 0 unspecified atom stereocenters. The van der Waals surface area contributed by atoms with E-state index in [1.807, 2.05) is 13.8 Å². The summed E-state index contributed by atoms with van der Waals surface area (Å²) in [6, 6.07) is 7.19. The lowest BCUT2D eigenvalue weighted by atomic mass is 10.2. The maximum absolute atomic E-state index is 12.4. The molecule has 0 aliphatic carbocycles. The number of hydrogen-bond acceptors (Lipinski definition) is 6. The number of carbonyl (C=O) groups is 3. The minimum absolute atomic E-state index is 0.244. The average Bonchev–Trinajstić information content (AvgIpc) is 2.84. The summed E-state index contributed by atoms with van der Waals surface area (Å²) < 4.78 is 10.5. The summed E-state index contributed by atoms with van der Waals surface area (Å²) in [6.45, 7) is 5.76. The van der Waals surface area contributed by atoms with E-state index in [0.29, 0.717) is 13.0 Å². The van der Waals surface area contributed by atoms with Crippen molar-refractivity contribution in [2.45, 2.75) is 33.3 Å². The first-order valence-electron chi connectivity index (χ1n) is 8.12. The molecule has 2 rings (SSSR count). The third-order valence-corrected chi connectivity index (χ3v) is 4.46. The third-order valence-electron chi connectivity index (χ3n) is 3.56. The van der Waals surface area contributed by atoms with Crippen LogP contribution in [0.1, 0.15) is 32.8 Å². The molecule has 134 valence electrons. The zero-order chi connectivity index (χ0) is 18.4. The number of nitrogens with zero attached hydrogens (tertiary/aromatic N) is 1. The molecule has 7 heteroatoms. The average molecular weight is 363 g/mol. The van der Waals surface area contributed by atoms with Gasteiger partial charge in [0.05, 0.1) is 17.6 Å². The van der Waals surface area contributed by atoms with Crippen molar-refractivity contribution >= 4 is 35.0 Å². The molecule has 2 amide bonds. The molecule has 0 aromatic heterocycles. The smallest absolute Gasteiger partial charge is 0.326 e. The van der Waals surface area contributed by atoms with Gasteiger partial charge in [-0.2, -0.15) is 0 Å². The number of rotatable bonds is 7. The van der Waals surface area contributed by atoms with Crippen LogP contribution < -0.4 is 4.74 Å². The highest BCUT2D eigenvalue weighted by Crippen LogP contribution is 2.32. The minimum atomic E-state index is -0.584. The fourth-order valence-corrected chi connectivity index (χ4v) is 2.93. The number of ether oxygens (including phenoxy) is 2. The number of amides is 2. The van der Waals surface area contributed by atoms with Crippen LogP contribution in [0.15, 0.2) is 29.2 Å². The first-order valence-corrected chi connectivity index (χ1v) is 8.94. The number of thioether (sulfide) groups is 1. The van der Waals surface area contributed by atoms with Crippen LogP contribution in [-0.4, -0.2) is 41.3 Å². The third kappa shape index (κ3) is 5.09. The molecule has 6 nitrogen and oxygen atoms in total. The van der Waals surface area contributed by atoms with Crippen molar-refractivity contribution in [2.75, 3.05) is 13.2 Å². The van der Waals surface area contributed by atoms with Crippen LogP contribution in [-0.2, 0) is 14.3 Å². The Morgan fingerprint density at radius 1 is 1.24 bits per heavy atom. The summed E-state index contributed by atoms with van der Waals surface area (Å²) in [7, 11) is 0. The molecule has 1 aromatic rings. The monoisotopic (exact) mass is 363 g/mol. The predicted molar refractivity (Wildman–Crippen MR) is 96.1 cm³/mol. The van der Waals surface area contributed by atoms with Crippen molar-refractivity contribution in [1.82, 2.24) is 4.90 Å². The lowest BCUT2D eigenvalue weighted by Crippen LogP contribution is -2.35. The van der Waals surface area contributed by atoms with Gasteiger partial charge in [-0.3, -0.25) is 19.3 Å². The Labute approximate surface area is 151 Å². The zero-order valence-corrected chi connectivity index (χ0v) is 15.3. The van der Waals surface area contributed by atoms with E-state index in [1.165, 1.54) is 0 Å². The molecule has 0 radical (unpaired) electrons. The van der Waals surface area contributed by atoms with Gasteiger partial charge in [-0.25, -0.2) is 0 Å². The minimum Gasteiger partial charge on any atom is -0.494 e. The summed E-state index contributed by atoms with van der Waals surface area (Å²) in [5.41, 5.74) is 0.774. The fourth-order valence-electron chi connectivity index (χ4n) is 2.09. The van der Waals surface area contributed by atoms with E-state index in [1.54, 1.807) is 37.3 Å². The van der Waals surface area contributed by atoms with Gasteiger partial charge in [0.2, 0.25) is 0 Å². The lowest BCUT2D eigenvalue weighted by molar-refractivity contribution is -0.150. The Morgan fingerprint density at radius 3 is 2.52 bits per heavy atom.